The van der Waals surface area contributed by atoms with Crippen LogP contribution < -0.4 is 4.72 Å². The van der Waals surface area contributed by atoms with Gasteiger partial charge in [0.1, 0.15) is 0 Å². The van der Waals surface area contributed by atoms with E-state index in [1.807, 2.05) is 0 Å². The highest BCUT2D eigenvalue weighted by Gasteiger charge is 2.41. The van der Waals surface area contributed by atoms with Crippen LogP contribution in [0.4, 0.5) is 27.6 Å². The van der Waals surface area contributed by atoms with E-state index >= 15 is 0 Å². The molecule has 11 heteroatoms. The van der Waals surface area contributed by atoms with Crippen LogP contribution in [0.25, 0.3) is 0 Å². The van der Waals surface area contributed by atoms with Crippen molar-refractivity contribution in [2.45, 2.75) is 37.3 Å². The van der Waals surface area contributed by atoms with Crippen LogP contribution in [-0.2, 0) is 6.18 Å². The summed E-state index contributed by atoms with van der Waals surface area (Å²) in [5.41, 5.74) is -0.0121. The number of hydrogen-bond acceptors (Lipinski definition) is 3. The molecule has 1 fully saturated rings. The third kappa shape index (κ3) is 4.63. The number of benzene rings is 1. The Morgan fingerprint density at radius 3 is 2.55 bits per heavy atom. The molecule has 1 aromatic carbocycles. The summed E-state index contributed by atoms with van der Waals surface area (Å²) in [6, 6.07) is 3.31. The molecular weight excluding hydrogens is 437 g/mol. The fourth-order valence-electron chi connectivity index (χ4n) is 3.16. The first-order chi connectivity index (χ1) is 13.4. The molecule has 2 aromatic rings. The lowest BCUT2D eigenvalue weighted by molar-refractivity contribution is -0.136. The molecule has 2 heterocycles. The normalized spacial score (nSPS) is 16.3. The Morgan fingerprint density at radius 2 is 1.97 bits per heavy atom. The number of likely N-dealkylation sites (tertiary alicyclic amines) is 1. The number of carbonyl (C=O) groups excluding carboxylic acids is 1. The standard InChI is InChI=1S/C18H17ClF5N3OS/c1-9-14(16(28)27-6-5-17(20,21)8-27)15(10(2)25-9)29-26-13-4-3-11(19)7-12(13)18(22,23)24/h3-4,7,25-26H,5-6,8H2,1-2H3. The van der Waals surface area contributed by atoms with E-state index < -0.39 is 36.5 Å². The molecule has 3 rings (SSSR count). The Kier molecular flexibility index (Phi) is 5.79. The lowest BCUT2D eigenvalue weighted by Crippen LogP contribution is -2.31. The van der Waals surface area contributed by atoms with Crippen molar-refractivity contribution >= 4 is 35.1 Å². The topological polar surface area (TPSA) is 48.1 Å². The molecule has 0 saturated carbocycles. The van der Waals surface area contributed by atoms with Gasteiger partial charge in [0.15, 0.2) is 0 Å². The van der Waals surface area contributed by atoms with Crippen LogP contribution in [0.1, 0.15) is 33.7 Å². The third-order valence-corrected chi connectivity index (χ3v) is 5.81. The number of aromatic nitrogens is 1. The minimum absolute atomic E-state index is 0.0626. The van der Waals surface area contributed by atoms with Gasteiger partial charge in [0.25, 0.3) is 11.8 Å². The molecule has 1 amide bonds. The third-order valence-electron chi connectivity index (χ3n) is 4.54. The number of nitrogens with zero attached hydrogens (tertiary/aromatic N) is 1. The molecule has 0 bridgehead atoms. The molecule has 0 radical (unpaired) electrons. The minimum atomic E-state index is -4.63. The zero-order valence-electron chi connectivity index (χ0n) is 15.4. The van der Waals surface area contributed by atoms with Crippen LogP contribution in [-0.4, -0.2) is 34.8 Å². The van der Waals surface area contributed by atoms with Gasteiger partial charge in [0.05, 0.1) is 28.3 Å². The Labute approximate surface area is 172 Å². The molecule has 2 N–H and O–H groups in total. The Balaban J connectivity index is 1.88. The lowest BCUT2D eigenvalue weighted by atomic mass is 10.2. The van der Waals surface area contributed by atoms with E-state index in [2.05, 4.69) is 9.71 Å². The number of aromatic amines is 1. The van der Waals surface area contributed by atoms with Gasteiger partial charge < -0.3 is 14.6 Å². The van der Waals surface area contributed by atoms with Gasteiger partial charge in [-0.1, -0.05) is 11.6 Å². The predicted molar refractivity (Wildman–Crippen MR) is 102 cm³/mol. The highest BCUT2D eigenvalue weighted by atomic mass is 35.5. The van der Waals surface area contributed by atoms with Crippen molar-refractivity contribution in [2.24, 2.45) is 0 Å². The van der Waals surface area contributed by atoms with Crippen molar-refractivity contribution in [2.75, 3.05) is 17.8 Å². The number of aryl methyl sites for hydroxylation is 2. The average molecular weight is 454 g/mol. The summed E-state index contributed by atoms with van der Waals surface area (Å²) in [5, 5.41) is -0.0626. The van der Waals surface area contributed by atoms with E-state index in [9.17, 15) is 26.7 Å². The maximum absolute atomic E-state index is 13.5. The van der Waals surface area contributed by atoms with Crippen LogP contribution in [0.2, 0.25) is 5.02 Å². The largest absolute Gasteiger partial charge is 0.418 e. The molecular formula is C18H17ClF5N3OS. The summed E-state index contributed by atoms with van der Waals surface area (Å²) in [6.07, 6.45) is -5.04. The highest BCUT2D eigenvalue weighted by molar-refractivity contribution is 8.00. The van der Waals surface area contributed by atoms with Crippen LogP contribution in [0.15, 0.2) is 23.1 Å². The number of halogens is 6. The Morgan fingerprint density at radius 1 is 1.28 bits per heavy atom. The molecule has 158 valence electrons. The number of hydrogen-bond donors (Lipinski definition) is 2. The Hall–Kier alpha value is -1.94. The minimum Gasteiger partial charge on any atom is -0.361 e. The monoisotopic (exact) mass is 453 g/mol. The van der Waals surface area contributed by atoms with Crippen LogP contribution >= 0.6 is 23.5 Å². The Bertz CT molecular complexity index is 944. The number of nitrogens with one attached hydrogen (secondary N) is 2. The number of alkyl halides is 5. The van der Waals surface area contributed by atoms with Gasteiger partial charge >= 0.3 is 6.18 Å². The van der Waals surface area contributed by atoms with E-state index in [1.54, 1.807) is 13.8 Å². The first kappa shape index (κ1) is 21.8. The fraction of sp³-hybridized carbons (Fsp3) is 0.389. The van der Waals surface area contributed by atoms with Gasteiger partial charge in [-0.15, -0.1) is 0 Å². The zero-order valence-corrected chi connectivity index (χ0v) is 17.0. The molecule has 4 nitrogen and oxygen atoms in total. The van der Waals surface area contributed by atoms with Gasteiger partial charge in [-0.3, -0.25) is 4.79 Å². The van der Waals surface area contributed by atoms with E-state index in [0.717, 1.165) is 22.9 Å². The molecule has 1 aliphatic heterocycles. The zero-order chi connectivity index (χ0) is 21.6. The van der Waals surface area contributed by atoms with Gasteiger partial charge in [0, 0.05) is 29.4 Å². The van der Waals surface area contributed by atoms with E-state index in [0.29, 0.717) is 16.3 Å². The number of rotatable bonds is 4. The van der Waals surface area contributed by atoms with E-state index in [1.165, 1.54) is 12.1 Å². The van der Waals surface area contributed by atoms with Crippen LogP contribution in [0, 0.1) is 13.8 Å². The van der Waals surface area contributed by atoms with Gasteiger partial charge in [-0.25, -0.2) is 8.78 Å². The molecule has 1 saturated heterocycles. The lowest BCUT2D eigenvalue weighted by Gasteiger charge is -2.18. The molecule has 0 unspecified atom stereocenters. The quantitative estimate of drug-likeness (QED) is 0.447. The number of anilines is 1. The second kappa shape index (κ2) is 7.71. The summed E-state index contributed by atoms with van der Waals surface area (Å²) in [6.45, 7) is 2.51. The van der Waals surface area contributed by atoms with Crippen molar-refractivity contribution in [1.29, 1.82) is 0 Å². The molecule has 0 atom stereocenters. The van der Waals surface area contributed by atoms with Crippen molar-refractivity contribution < 1.29 is 26.7 Å². The van der Waals surface area contributed by atoms with Crippen molar-refractivity contribution in [3.05, 3.63) is 45.7 Å². The molecule has 1 aliphatic rings. The average Bonchev–Trinajstić information content (AvgIpc) is 3.10. The summed E-state index contributed by atoms with van der Waals surface area (Å²) >= 11 is 6.49. The second-order valence-corrected chi connectivity index (χ2v) is 8.06. The summed E-state index contributed by atoms with van der Waals surface area (Å²) < 4.78 is 69.4. The first-order valence-corrected chi connectivity index (χ1v) is 9.74. The van der Waals surface area contributed by atoms with Crippen molar-refractivity contribution in [3.8, 4) is 0 Å². The number of carbonyl (C=O) groups is 1. The van der Waals surface area contributed by atoms with E-state index in [-0.39, 0.29) is 22.8 Å². The molecule has 1 aromatic heterocycles. The molecule has 29 heavy (non-hydrogen) atoms. The first-order valence-electron chi connectivity index (χ1n) is 8.55. The second-order valence-electron chi connectivity index (χ2n) is 6.80. The van der Waals surface area contributed by atoms with Gasteiger partial charge in [-0.05, 0) is 44.0 Å². The molecule has 0 spiro atoms. The maximum Gasteiger partial charge on any atom is 0.418 e. The maximum atomic E-state index is 13.5. The fourth-order valence-corrected chi connectivity index (χ4v) is 4.27. The smallest absolute Gasteiger partial charge is 0.361 e. The van der Waals surface area contributed by atoms with Gasteiger partial charge in [0.2, 0.25) is 0 Å². The number of H-pyrrole nitrogens is 1. The SMILES string of the molecule is Cc1[nH]c(C)c(C(=O)N2CCC(F)(F)C2)c1SNc1ccc(Cl)cc1C(F)(F)F. The van der Waals surface area contributed by atoms with Crippen molar-refractivity contribution in [3.63, 3.8) is 0 Å². The summed E-state index contributed by atoms with van der Waals surface area (Å²) in [7, 11) is 0. The van der Waals surface area contributed by atoms with E-state index in [4.69, 9.17) is 11.6 Å². The number of amides is 1. The van der Waals surface area contributed by atoms with Gasteiger partial charge in [-0.2, -0.15) is 13.2 Å². The van der Waals surface area contributed by atoms with Crippen molar-refractivity contribution in [1.82, 2.24) is 9.88 Å². The predicted octanol–water partition coefficient (Wildman–Crippen LogP) is 5.90. The summed E-state index contributed by atoms with van der Waals surface area (Å²) in [4.78, 5) is 17.2. The van der Waals surface area contributed by atoms with Crippen LogP contribution in [0.5, 0.6) is 0 Å². The van der Waals surface area contributed by atoms with Crippen LogP contribution in [0.3, 0.4) is 0 Å². The summed E-state index contributed by atoms with van der Waals surface area (Å²) in [5.74, 6) is -3.52. The molecule has 0 aliphatic carbocycles. The highest BCUT2D eigenvalue weighted by Crippen LogP contribution is 2.40.